The van der Waals surface area contributed by atoms with Gasteiger partial charge in [-0.2, -0.15) is 0 Å². The van der Waals surface area contributed by atoms with Gasteiger partial charge in [-0.3, -0.25) is 14.5 Å². The van der Waals surface area contributed by atoms with Crippen LogP contribution < -0.4 is 10.6 Å². The Morgan fingerprint density at radius 3 is 2.15 bits per heavy atom. The molecule has 2 amide bonds. The summed E-state index contributed by atoms with van der Waals surface area (Å²) in [6, 6.07) is 0. The first kappa shape index (κ1) is 18.2. The molecule has 5 rings (SSSR count). The van der Waals surface area contributed by atoms with Crippen molar-refractivity contribution >= 4 is 11.8 Å². The lowest BCUT2D eigenvalue weighted by molar-refractivity contribution is -0.131. The summed E-state index contributed by atoms with van der Waals surface area (Å²) in [7, 11) is 0. The molecular weight excluding hydrogens is 330 g/mol. The molecule has 4 saturated carbocycles. The zero-order chi connectivity index (χ0) is 18.0. The van der Waals surface area contributed by atoms with E-state index in [9.17, 15) is 9.59 Å². The summed E-state index contributed by atoms with van der Waals surface area (Å²) in [6.45, 7) is 4.98. The Hall–Kier alpha value is -1.14. The molecule has 6 heteroatoms. The highest BCUT2D eigenvalue weighted by Gasteiger charge is 2.51. The third kappa shape index (κ3) is 4.39. The molecule has 6 nitrogen and oxygen atoms in total. The molecule has 1 aliphatic heterocycles. The van der Waals surface area contributed by atoms with Crippen molar-refractivity contribution in [1.29, 1.82) is 0 Å². The summed E-state index contributed by atoms with van der Waals surface area (Å²) in [4.78, 5) is 26.7. The molecule has 5 fully saturated rings. The molecule has 0 radical (unpaired) electrons. The summed E-state index contributed by atoms with van der Waals surface area (Å²) in [5, 5.41) is 5.77. The minimum Gasteiger partial charge on any atom is -0.379 e. The number of hydrogen-bond donors (Lipinski definition) is 2. The minimum atomic E-state index is -0.0860. The predicted molar refractivity (Wildman–Crippen MR) is 98.5 cm³/mol. The fraction of sp³-hybridized carbons (Fsp3) is 0.900. The quantitative estimate of drug-likeness (QED) is 0.712. The van der Waals surface area contributed by atoms with Crippen LogP contribution >= 0.6 is 0 Å². The van der Waals surface area contributed by atoms with E-state index >= 15 is 0 Å². The molecule has 1 heterocycles. The Labute approximate surface area is 156 Å². The molecule has 1 saturated heterocycles. The Kier molecular flexibility index (Phi) is 5.50. The lowest BCUT2D eigenvalue weighted by atomic mass is 9.49. The molecule has 146 valence electrons. The number of nitrogens with zero attached hydrogens (tertiary/aromatic N) is 1. The van der Waals surface area contributed by atoms with Crippen LogP contribution in [-0.2, 0) is 14.3 Å². The van der Waals surface area contributed by atoms with Gasteiger partial charge in [-0.1, -0.05) is 0 Å². The maximum Gasteiger partial charge on any atom is 0.239 e. The first-order chi connectivity index (χ1) is 12.6. The number of carbonyl (C=O) groups is 2. The molecule has 0 atom stereocenters. The zero-order valence-corrected chi connectivity index (χ0v) is 15.8. The third-order valence-corrected chi connectivity index (χ3v) is 7.00. The van der Waals surface area contributed by atoms with Crippen molar-refractivity contribution < 1.29 is 14.3 Å². The second-order valence-corrected chi connectivity index (χ2v) is 9.18. The van der Waals surface area contributed by atoms with Crippen molar-refractivity contribution in [3.8, 4) is 0 Å². The maximum absolute atomic E-state index is 12.4. The highest BCUT2D eigenvalue weighted by Crippen LogP contribution is 2.61. The van der Waals surface area contributed by atoms with Gasteiger partial charge in [0.15, 0.2) is 0 Å². The average molecular weight is 364 g/mol. The smallest absolute Gasteiger partial charge is 0.239 e. The molecular formula is C20H33N3O3. The Morgan fingerprint density at radius 1 is 0.923 bits per heavy atom. The van der Waals surface area contributed by atoms with Crippen LogP contribution in [0.2, 0.25) is 0 Å². The van der Waals surface area contributed by atoms with Crippen LogP contribution in [0.4, 0.5) is 0 Å². The lowest BCUT2D eigenvalue weighted by Crippen LogP contribution is -2.48. The molecule has 0 aromatic rings. The summed E-state index contributed by atoms with van der Waals surface area (Å²) < 4.78 is 5.32. The molecule has 4 aliphatic carbocycles. The number of ether oxygens (including phenoxy) is 1. The monoisotopic (exact) mass is 363 g/mol. The van der Waals surface area contributed by atoms with Gasteiger partial charge in [0.2, 0.25) is 11.8 Å². The Balaban J connectivity index is 1.14. The second kappa shape index (κ2) is 7.85. The number of nitrogens with one attached hydrogen (secondary N) is 2. The second-order valence-electron chi connectivity index (χ2n) is 9.18. The van der Waals surface area contributed by atoms with Crippen LogP contribution in [0.5, 0.6) is 0 Å². The highest BCUT2D eigenvalue weighted by atomic mass is 16.5. The van der Waals surface area contributed by atoms with E-state index < -0.39 is 0 Å². The molecule has 0 aromatic carbocycles. The molecule has 0 aromatic heterocycles. The fourth-order valence-electron chi connectivity index (χ4n) is 6.33. The van der Waals surface area contributed by atoms with Gasteiger partial charge in [-0.25, -0.2) is 0 Å². The highest BCUT2D eigenvalue weighted by molar-refractivity contribution is 5.84. The SMILES string of the molecule is O=C(CNC(=O)CC12CC3CC(CC(C3)C1)C2)NCCN1CCOCC1. The van der Waals surface area contributed by atoms with E-state index in [0.717, 1.165) is 50.6 Å². The summed E-state index contributed by atoms with van der Waals surface area (Å²) in [6.07, 6.45) is 8.51. The van der Waals surface area contributed by atoms with E-state index in [-0.39, 0.29) is 23.8 Å². The molecule has 5 aliphatic rings. The predicted octanol–water partition coefficient (Wildman–Crippen LogP) is 1.16. The van der Waals surface area contributed by atoms with Crippen LogP contribution in [0.25, 0.3) is 0 Å². The van der Waals surface area contributed by atoms with Gasteiger partial charge in [-0.05, 0) is 61.7 Å². The maximum atomic E-state index is 12.4. The van der Waals surface area contributed by atoms with E-state index in [0.29, 0.717) is 13.0 Å². The van der Waals surface area contributed by atoms with Crippen molar-refractivity contribution in [2.24, 2.45) is 23.2 Å². The van der Waals surface area contributed by atoms with E-state index in [1.54, 1.807) is 0 Å². The van der Waals surface area contributed by atoms with Gasteiger partial charge >= 0.3 is 0 Å². The van der Waals surface area contributed by atoms with E-state index in [1.165, 1.54) is 38.5 Å². The molecule has 0 spiro atoms. The summed E-state index contributed by atoms with van der Waals surface area (Å²) in [5.74, 6) is 2.56. The largest absolute Gasteiger partial charge is 0.379 e. The average Bonchev–Trinajstić information content (AvgIpc) is 2.59. The van der Waals surface area contributed by atoms with Crippen LogP contribution in [0.1, 0.15) is 44.9 Å². The van der Waals surface area contributed by atoms with E-state index in [4.69, 9.17) is 4.74 Å². The van der Waals surface area contributed by atoms with Crippen LogP contribution in [0.15, 0.2) is 0 Å². The van der Waals surface area contributed by atoms with Crippen LogP contribution in [0.3, 0.4) is 0 Å². The third-order valence-electron chi connectivity index (χ3n) is 7.00. The van der Waals surface area contributed by atoms with Gasteiger partial charge in [0.25, 0.3) is 0 Å². The van der Waals surface area contributed by atoms with E-state index in [1.807, 2.05) is 0 Å². The fourth-order valence-corrected chi connectivity index (χ4v) is 6.33. The Bertz CT molecular complexity index is 495. The van der Waals surface area contributed by atoms with Gasteiger partial charge in [0, 0.05) is 32.6 Å². The first-order valence-electron chi connectivity index (χ1n) is 10.4. The van der Waals surface area contributed by atoms with Crippen molar-refractivity contribution in [3.63, 3.8) is 0 Å². The molecule has 4 bridgehead atoms. The lowest BCUT2D eigenvalue weighted by Gasteiger charge is -2.56. The van der Waals surface area contributed by atoms with Gasteiger partial charge in [-0.15, -0.1) is 0 Å². The zero-order valence-electron chi connectivity index (χ0n) is 15.8. The molecule has 26 heavy (non-hydrogen) atoms. The van der Waals surface area contributed by atoms with E-state index in [2.05, 4.69) is 15.5 Å². The normalized spacial score (nSPS) is 36.1. The summed E-state index contributed by atoms with van der Waals surface area (Å²) in [5.41, 5.74) is 0.242. The van der Waals surface area contributed by atoms with Crippen LogP contribution in [0, 0.1) is 23.2 Å². The van der Waals surface area contributed by atoms with Crippen molar-refractivity contribution in [1.82, 2.24) is 15.5 Å². The standard InChI is InChI=1S/C20H33N3O3/c24-18(13-20-10-15-7-16(11-20)9-17(8-15)12-20)22-14-19(25)21-1-2-23-3-5-26-6-4-23/h15-17H,1-14H2,(H,21,25)(H,22,24). The minimum absolute atomic E-state index is 0.0651. The van der Waals surface area contributed by atoms with Crippen molar-refractivity contribution in [2.75, 3.05) is 45.9 Å². The van der Waals surface area contributed by atoms with Crippen molar-refractivity contribution in [2.45, 2.75) is 44.9 Å². The van der Waals surface area contributed by atoms with Gasteiger partial charge in [0.1, 0.15) is 0 Å². The Morgan fingerprint density at radius 2 is 1.54 bits per heavy atom. The number of rotatable bonds is 7. The van der Waals surface area contributed by atoms with Gasteiger partial charge in [0.05, 0.1) is 19.8 Å². The van der Waals surface area contributed by atoms with Crippen LogP contribution in [-0.4, -0.2) is 62.7 Å². The topological polar surface area (TPSA) is 70.7 Å². The molecule has 2 N–H and O–H groups in total. The summed E-state index contributed by atoms with van der Waals surface area (Å²) >= 11 is 0. The number of carbonyl (C=O) groups excluding carboxylic acids is 2. The van der Waals surface area contributed by atoms with Crippen molar-refractivity contribution in [3.05, 3.63) is 0 Å². The van der Waals surface area contributed by atoms with Gasteiger partial charge < -0.3 is 15.4 Å². The number of morpholine rings is 1. The number of amides is 2. The first-order valence-corrected chi connectivity index (χ1v) is 10.4. The molecule has 0 unspecified atom stereocenters. The number of hydrogen-bond acceptors (Lipinski definition) is 4.